The maximum atomic E-state index is 3.16. The van der Waals surface area contributed by atoms with E-state index >= 15 is 0 Å². The topological polar surface area (TPSA) is 12.0 Å². The fraction of sp³-hybridized carbons (Fsp3) is 1.00. The minimum atomic E-state index is 0.970. The first-order valence-corrected chi connectivity index (χ1v) is 4.74. The van der Waals surface area contributed by atoms with Crippen LogP contribution in [0.5, 0.6) is 0 Å². The quantitative estimate of drug-likeness (QED) is 0.608. The molecule has 1 N–H and O–H groups in total. The van der Waals surface area contributed by atoms with E-state index in [4.69, 9.17) is 0 Å². The summed E-state index contributed by atoms with van der Waals surface area (Å²) < 4.78 is 0. The molecule has 0 radical (unpaired) electrons. The standard InChI is InChI=1S/C7H15NS/c1-8-6-9-7-4-2-3-5-7/h7-8H,2-6H2,1H3. The predicted octanol–water partition coefficient (Wildman–Crippen LogP) is 1.84. The molecule has 0 aliphatic heterocycles. The lowest BCUT2D eigenvalue weighted by molar-refractivity contribution is 0.886. The minimum absolute atomic E-state index is 0.970. The van der Waals surface area contributed by atoms with Crippen molar-refractivity contribution in [3.05, 3.63) is 0 Å². The summed E-state index contributed by atoms with van der Waals surface area (Å²) >= 11 is 2.07. The molecule has 0 aromatic heterocycles. The van der Waals surface area contributed by atoms with Gasteiger partial charge in [-0.2, -0.15) is 0 Å². The molecule has 0 atom stereocenters. The van der Waals surface area contributed by atoms with Gasteiger partial charge < -0.3 is 5.32 Å². The van der Waals surface area contributed by atoms with Crippen molar-refractivity contribution in [2.45, 2.75) is 30.9 Å². The molecular weight excluding hydrogens is 130 g/mol. The van der Waals surface area contributed by atoms with Gasteiger partial charge in [-0.1, -0.05) is 12.8 Å². The van der Waals surface area contributed by atoms with Crippen molar-refractivity contribution in [2.75, 3.05) is 12.9 Å². The van der Waals surface area contributed by atoms with Crippen LogP contribution in [0.4, 0.5) is 0 Å². The lowest BCUT2D eigenvalue weighted by Crippen LogP contribution is -2.07. The third kappa shape index (κ3) is 2.59. The van der Waals surface area contributed by atoms with E-state index in [0.29, 0.717) is 0 Å². The monoisotopic (exact) mass is 145 g/mol. The van der Waals surface area contributed by atoms with Gasteiger partial charge in [0.05, 0.1) is 0 Å². The fourth-order valence-electron chi connectivity index (χ4n) is 1.26. The van der Waals surface area contributed by atoms with E-state index in [1.807, 2.05) is 7.05 Å². The van der Waals surface area contributed by atoms with Gasteiger partial charge in [0.15, 0.2) is 0 Å². The Morgan fingerprint density at radius 3 is 2.67 bits per heavy atom. The number of rotatable bonds is 3. The second kappa shape index (κ2) is 4.18. The van der Waals surface area contributed by atoms with E-state index in [0.717, 1.165) is 11.1 Å². The zero-order valence-electron chi connectivity index (χ0n) is 6.02. The second-order valence-corrected chi connectivity index (χ2v) is 3.86. The predicted molar refractivity (Wildman–Crippen MR) is 43.8 cm³/mol. The fourth-order valence-corrected chi connectivity index (χ4v) is 2.33. The Kier molecular flexibility index (Phi) is 3.44. The van der Waals surface area contributed by atoms with Crippen LogP contribution in [0.3, 0.4) is 0 Å². The Hall–Kier alpha value is 0.310. The second-order valence-electron chi connectivity index (χ2n) is 2.57. The molecule has 2 heteroatoms. The molecule has 0 heterocycles. The van der Waals surface area contributed by atoms with Gasteiger partial charge >= 0.3 is 0 Å². The van der Waals surface area contributed by atoms with Gasteiger partial charge in [-0.15, -0.1) is 11.8 Å². The van der Waals surface area contributed by atoms with Crippen molar-refractivity contribution >= 4 is 11.8 Å². The molecule has 1 fully saturated rings. The Morgan fingerprint density at radius 1 is 1.44 bits per heavy atom. The SMILES string of the molecule is CNCSC1CCCC1. The van der Waals surface area contributed by atoms with E-state index in [1.165, 1.54) is 25.7 Å². The summed E-state index contributed by atoms with van der Waals surface area (Å²) in [7, 11) is 2.02. The summed E-state index contributed by atoms with van der Waals surface area (Å²) in [5, 5.41) is 4.13. The van der Waals surface area contributed by atoms with Crippen molar-refractivity contribution in [3.8, 4) is 0 Å². The van der Waals surface area contributed by atoms with Crippen LogP contribution in [-0.2, 0) is 0 Å². The lowest BCUT2D eigenvalue weighted by Gasteiger charge is -2.06. The molecule has 1 aliphatic rings. The summed E-state index contributed by atoms with van der Waals surface area (Å²) in [6.45, 7) is 0. The zero-order chi connectivity index (χ0) is 6.53. The zero-order valence-corrected chi connectivity index (χ0v) is 6.84. The summed E-state index contributed by atoms with van der Waals surface area (Å²) in [6.07, 6.45) is 5.82. The molecule has 1 aliphatic carbocycles. The molecule has 54 valence electrons. The van der Waals surface area contributed by atoms with E-state index in [2.05, 4.69) is 17.1 Å². The summed E-state index contributed by atoms with van der Waals surface area (Å²) in [5.41, 5.74) is 0. The Labute approximate surface area is 61.6 Å². The first-order valence-electron chi connectivity index (χ1n) is 3.69. The molecule has 0 bridgehead atoms. The largest absolute Gasteiger partial charge is 0.311 e. The third-order valence-corrected chi connectivity index (χ3v) is 3.16. The lowest BCUT2D eigenvalue weighted by atomic mass is 10.4. The molecule has 9 heavy (non-hydrogen) atoms. The van der Waals surface area contributed by atoms with E-state index in [1.54, 1.807) is 0 Å². The Morgan fingerprint density at radius 2 is 2.11 bits per heavy atom. The third-order valence-electron chi connectivity index (χ3n) is 1.77. The maximum absolute atomic E-state index is 3.16. The van der Waals surface area contributed by atoms with E-state index in [9.17, 15) is 0 Å². The number of hydrogen-bond donors (Lipinski definition) is 1. The smallest absolute Gasteiger partial charge is 0.0418 e. The van der Waals surface area contributed by atoms with Crippen LogP contribution >= 0.6 is 11.8 Å². The highest BCUT2D eigenvalue weighted by Gasteiger charge is 2.13. The van der Waals surface area contributed by atoms with Crippen molar-refractivity contribution in [1.29, 1.82) is 0 Å². The molecule has 0 unspecified atom stereocenters. The van der Waals surface area contributed by atoms with Crippen molar-refractivity contribution in [1.82, 2.24) is 5.32 Å². The average molecular weight is 145 g/mol. The molecule has 1 nitrogen and oxygen atoms in total. The molecule has 0 aromatic rings. The number of hydrogen-bond acceptors (Lipinski definition) is 2. The minimum Gasteiger partial charge on any atom is -0.311 e. The highest BCUT2D eigenvalue weighted by atomic mass is 32.2. The molecule has 0 spiro atoms. The number of thioether (sulfide) groups is 1. The summed E-state index contributed by atoms with van der Waals surface area (Å²) in [4.78, 5) is 0. The van der Waals surface area contributed by atoms with Gasteiger partial charge in [0.1, 0.15) is 0 Å². The van der Waals surface area contributed by atoms with Crippen molar-refractivity contribution in [2.24, 2.45) is 0 Å². The molecule has 1 rings (SSSR count). The highest BCUT2D eigenvalue weighted by Crippen LogP contribution is 2.28. The van der Waals surface area contributed by atoms with Crippen LogP contribution in [-0.4, -0.2) is 18.2 Å². The van der Waals surface area contributed by atoms with Gasteiger partial charge in [-0.25, -0.2) is 0 Å². The van der Waals surface area contributed by atoms with Gasteiger partial charge in [0, 0.05) is 11.1 Å². The molecule has 0 amide bonds. The summed E-state index contributed by atoms with van der Waals surface area (Å²) in [6, 6.07) is 0. The molecular formula is C7H15NS. The Balaban J connectivity index is 1.98. The molecule has 0 saturated heterocycles. The first-order chi connectivity index (χ1) is 4.43. The van der Waals surface area contributed by atoms with Gasteiger partial charge in [-0.3, -0.25) is 0 Å². The average Bonchev–Trinajstić information content (AvgIpc) is 2.34. The van der Waals surface area contributed by atoms with Crippen LogP contribution in [0, 0.1) is 0 Å². The maximum Gasteiger partial charge on any atom is 0.0418 e. The van der Waals surface area contributed by atoms with Crippen LogP contribution in [0.2, 0.25) is 0 Å². The van der Waals surface area contributed by atoms with Crippen LogP contribution in [0.25, 0.3) is 0 Å². The van der Waals surface area contributed by atoms with Crippen molar-refractivity contribution in [3.63, 3.8) is 0 Å². The van der Waals surface area contributed by atoms with Crippen LogP contribution in [0.15, 0.2) is 0 Å². The van der Waals surface area contributed by atoms with E-state index < -0.39 is 0 Å². The van der Waals surface area contributed by atoms with Crippen molar-refractivity contribution < 1.29 is 0 Å². The molecule has 0 aromatic carbocycles. The van der Waals surface area contributed by atoms with Gasteiger partial charge in [-0.05, 0) is 19.9 Å². The first kappa shape index (κ1) is 7.42. The van der Waals surface area contributed by atoms with Crippen LogP contribution < -0.4 is 5.32 Å². The normalized spacial score (nSPS) is 21.0. The van der Waals surface area contributed by atoms with Gasteiger partial charge in [0.25, 0.3) is 0 Å². The van der Waals surface area contributed by atoms with Crippen LogP contribution in [0.1, 0.15) is 25.7 Å². The molecule has 1 saturated carbocycles. The Bertz CT molecular complexity index is 69.3. The van der Waals surface area contributed by atoms with Gasteiger partial charge in [0.2, 0.25) is 0 Å². The number of nitrogens with one attached hydrogen (secondary N) is 1. The highest BCUT2D eigenvalue weighted by molar-refractivity contribution is 7.99. The van der Waals surface area contributed by atoms with E-state index in [-0.39, 0.29) is 0 Å². The summed E-state index contributed by atoms with van der Waals surface area (Å²) in [5.74, 6) is 1.13.